The van der Waals surface area contributed by atoms with Gasteiger partial charge in [0.25, 0.3) is 5.69 Å². The Hall–Kier alpha value is -3.03. The fraction of sp³-hybridized carbons (Fsp3) is 0.100. The Morgan fingerprint density at radius 3 is 2.04 bits per heavy atom. The minimum Gasteiger partial charge on any atom is -0.258 e. The first-order valence-electron chi connectivity index (χ1n) is 8.29. The van der Waals surface area contributed by atoms with Crippen LogP contribution in [-0.2, 0) is 10.0 Å². The van der Waals surface area contributed by atoms with Gasteiger partial charge in [0.15, 0.2) is 4.90 Å². The molecule has 0 fully saturated rings. The molecule has 1 atom stereocenters. The number of nitrogens with one attached hydrogen (secondary N) is 1. The summed E-state index contributed by atoms with van der Waals surface area (Å²) in [5.74, 6) is 0. The maximum atomic E-state index is 12.6. The van der Waals surface area contributed by atoms with Crippen molar-refractivity contribution >= 4 is 15.7 Å². The van der Waals surface area contributed by atoms with E-state index in [1.807, 2.05) is 54.6 Å². The molecule has 3 rings (SSSR count). The molecule has 0 unspecified atom stereocenters. The number of nitrogens with zero attached hydrogens (tertiary/aromatic N) is 1. The van der Waals surface area contributed by atoms with Crippen molar-refractivity contribution in [2.45, 2.75) is 17.9 Å². The molecule has 0 heterocycles. The Balaban J connectivity index is 1.83. The fourth-order valence-corrected chi connectivity index (χ4v) is 4.20. The molecule has 0 aromatic heterocycles. The third-order valence-electron chi connectivity index (χ3n) is 4.20. The maximum absolute atomic E-state index is 12.6. The van der Waals surface area contributed by atoms with E-state index < -0.39 is 26.7 Å². The monoisotopic (exact) mass is 382 g/mol. The van der Waals surface area contributed by atoms with Gasteiger partial charge in [-0.2, -0.15) is 0 Å². The first kappa shape index (κ1) is 18.8. The molecular weight excluding hydrogens is 364 g/mol. The van der Waals surface area contributed by atoms with Crippen LogP contribution in [-0.4, -0.2) is 13.3 Å². The van der Waals surface area contributed by atoms with Gasteiger partial charge in [-0.05, 0) is 29.7 Å². The van der Waals surface area contributed by atoms with E-state index in [2.05, 4.69) is 4.72 Å². The zero-order valence-corrected chi connectivity index (χ0v) is 15.4. The Kier molecular flexibility index (Phi) is 5.34. The summed E-state index contributed by atoms with van der Waals surface area (Å²) in [6, 6.07) is 22.1. The maximum Gasteiger partial charge on any atom is 0.289 e. The quantitative estimate of drug-likeness (QED) is 0.508. The molecule has 1 N–H and O–H groups in total. The van der Waals surface area contributed by atoms with Crippen LogP contribution in [0.2, 0.25) is 0 Å². The van der Waals surface area contributed by atoms with E-state index in [1.54, 1.807) is 6.92 Å². The van der Waals surface area contributed by atoms with Crippen LogP contribution in [0.3, 0.4) is 0 Å². The molecule has 0 saturated carbocycles. The summed E-state index contributed by atoms with van der Waals surface area (Å²) in [6.45, 7) is 1.70. The molecule has 0 amide bonds. The average molecular weight is 382 g/mol. The summed E-state index contributed by atoms with van der Waals surface area (Å²) in [4.78, 5) is 10.1. The van der Waals surface area contributed by atoms with E-state index in [0.717, 1.165) is 16.7 Å². The number of hydrogen-bond donors (Lipinski definition) is 1. The fourth-order valence-electron chi connectivity index (χ4n) is 2.79. The lowest BCUT2D eigenvalue weighted by Crippen LogP contribution is -2.27. The van der Waals surface area contributed by atoms with E-state index in [4.69, 9.17) is 0 Å². The average Bonchev–Trinajstić information content (AvgIpc) is 2.68. The van der Waals surface area contributed by atoms with Gasteiger partial charge < -0.3 is 0 Å². The minimum absolute atomic E-state index is 0.345. The summed E-state index contributed by atoms with van der Waals surface area (Å²) in [7, 11) is -4.04. The highest BCUT2D eigenvalue weighted by molar-refractivity contribution is 7.89. The largest absolute Gasteiger partial charge is 0.289 e. The second-order valence-corrected chi connectivity index (χ2v) is 7.74. The molecule has 3 aromatic rings. The summed E-state index contributed by atoms with van der Waals surface area (Å²) in [6.07, 6.45) is 0. The molecule has 0 spiro atoms. The van der Waals surface area contributed by atoms with Gasteiger partial charge >= 0.3 is 0 Å². The number of rotatable bonds is 6. The third-order valence-corrected chi connectivity index (χ3v) is 5.79. The van der Waals surface area contributed by atoms with E-state index in [-0.39, 0.29) is 4.90 Å². The molecule has 27 heavy (non-hydrogen) atoms. The lowest BCUT2D eigenvalue weighted by Gasteiger charge is -2.15. The number of hydrogen-bond acceptors (Lipinski definition) is 4. The van der Waals surface area contributed by atoms with Gasteiger partial charge in [0.05, 0.1) is 4.92 Å². The van der Waals surface area contributed by atoms with Crippen LogP contribution in [0.5, 0.6) is 0 Å². The SMILES string of the molecule is C[C@@H](NS(=O)(=O)c1ccccc1[N+](=O)[O-])c1ccc(-c2ccccc2)cc1. The Labute approximate surface area is 157 Å². The lowest BCUT2D eigenvalue weighted by atomic mass is 10.0. The van der Waals surface area contributed by atoms with Gasteiger partial charge in [-0.3, -0.25) is 10.1 Å². The summed E-state index contributed by atoms with van der Waals surface area (Å²) >= 11 is 0. The third kappa shape index (κ3) is 4.21. The van der Waals surface area contributed by atoms with Crippen LogP contribution in [0.25, 0.3) is 11.1 Å². The second kappa shape index (κ2) is 7.69. The zero-order valence-electron chi connectivity index (χ0n) is 14.6. The zero-order chi connectivity index (χ0) is 19.4. The second-order valence-electron chi connectivity index (χ2n) is 6.06. The van der Waals surface area contributed by atoms with E-state index in [0.29, 0.717) is 0 Å². The van der Waals surface area contributed by atoms with Crippen LogP contribution in [0.4, 0.5) is 5.69 Å². The molecule has 0 aliphatic rings. The number of para-hydroxylation sites is 1. The molecule has 0 aliphatic heterocycles. The van der Waals surface area contributed by atoms with Gasteiger partial charge in [0.1, 0.15) is 0 Å². The van der Waals surface area contributed by atoms with Gasteiger partial charge in [-0.15, -0.1) is 0 Å². The minimum atomic E-state index is -4.04. The van der Waals surface area contributed by atoms with Crippen molar-refractivity contribution in [3.8, 4) is 11.1 Å². The summed E-state index contributed by atoms with van der Waals surface area (Å²) < 4.78 is 27.7. The number of benzene rings is 3. The Bertz CT molecular complexity index is 1050. The highest BCUT2D eigenvalue weighted by atomic mass is 32.2. The highest BCUT2D eigenvalue weighted by Gasteiger charge is 2.26. The normalized spacial score (nSPS) is 12.5. The van der Waals surface area contributed by atoms with Crippen molar-refractivity contribution in [3.63, 3.8) is 0 Å². The van der Waals surface area contributed by atoms with Gasteiger partial charge in [0.2, 0.25) is 10.0 Å². The van der Waals surface area contributed by atoms with Gasteiger partial charge in [-0.25, -0.2) is 13.1 Å². The summed E-state index contributed by atoms with van der Waals surface area (Å²) in [5, 5.41) is 11.1. The van der Waals surface area contributed by atoms with Crippen LogP contribution in [0.1, 0.15) is 18.5 Å². The van der Waals surface area contributed by atoms with E-state index >= 15 is 0 Å². The molecular formula is C20H18N2O4S. The van der Waals surface area contributed by atoms with E-state index in [9.17, 15) is 18.5 Å². The van der Waals surface area contributed by atoms with Crippen LogP contribution in [0, 0.1) is 10.1 Å². The number of sulfonamides is 1. The number of nitro benzene ring substituents is 1. The predicted molar refractivity (Wildman–Crippen MR) is 104 cm³/mol. The molecule has 0 saturated heterocycles. The van der Waals surface area contributed by atoms with Crippen molar-refractivity contribution in [1.82, 2.24) is 4.72 Å². The van der Waals surface area contributed by atoms with Crippen molar-refractivity contribution in [2.75, 3.05) is 0 Å². The molecule has 7 heteroatoms. The molecule has 138 valence electrons. The standard InChI is InChI=1S/C20H18N2O4S/c1-15(16-11-13-18(14-12-16)17-7-3-2-4-8-17)21-27(25,26)20-10-6-5-9-19(20)22(23)24/h2-15,21H,1H3/t15-/m1/s1. The molecule has 6 nitrogen and oxygen atoms in total. The van der Waals surface area contributed by atoms with Gasteiger partial charge in [0, 0.05) is 12.1 Å². The molecule has 0 bridgehead atoms. The molecule has 3 aromatic carbocycles. The topological polar surface area (TPSA) is 89.3 Å². The van der Waals surface area contributed by atoms with E-state index in [1.165, 1.54) is 24.3 Å². The van der Waals surface area contributed by atoms with Crippen LogP contribution >= 0.6 is 0 Å². The van der Waals surface area contributed by atoms with Crippen molar-refractivity contribution in [2.24, 2.45) is 0 Å². The predicted octanol–water partition coefficient (Wildman–Crippen LogP) is 4.30. The molecule has 0 aliphatic carbocycles. The van der Waals surface area contributed by atoms with Crippen molar-refractivity contribution < 1.29 is 13.3 Å². The van der Waals surface area contributed by atoms with Crippen LogP contribution < -0.4 is 4.72 Å². The summed E-state index contributed by atoms with van der Waals surface area (Å²) in [5.41, 5.74) is 2.40. The van der Waals surface area contributed by atoms with Crippen LogP contribution in [0.15, 0.2) is 83.8 Å². The highest BCUT2D eigenvalue weighted by Crippen LogP contribution is 2.26. The van der Waals surface area contributed by atoms with Crippen molar-refractivity contribution in [3.05, 3.63) is 94.5 Å². The molecule has 0 radical (unpaired) electrons. The Morgan fingerprint density at radius 2 is 1.41 bits per heavy atom. The van der Waals surface area contributed by atoms with Gasteiger partial charge in [-0.1, -0.05) is 66.7 Å². The number of nitro groups is 1. The van der Waals surface area contributed by atoms with Crippen molar-refractivity contribution in [1.29, 1.82) is 0 Å². The Morgan fingerprint density at radius 1 is 0.852 bits per heavy atom. The lowest BCUT2D eigenvalue weighted by molar-refractivity contribution is -0.387. The smallest absolute Gasteiger partial charge is 0.258 e. The first-order valence-corrected chi connectivity index (χ1v) is 9.78. The first-order chi connectivity index (χ1) is 12.9.